The van der Waals surface area contributed by atoms with Crippen molar-refractivity contribution in [3.8, 4) is 0 Å². The van der Waals surface area contributed by atoms with Crippen LogP contribution in [0.1, 0.15) is 15.9 Å². The largest absolute Gasteiger partial charge is 0.417 e. The molecule has 1 aromatic rings. The highest BCUT2D eigenvalue weighted by Crippen LogP contribution is 2.31. The lowest BCUT2D eigenvalue weighted by Gasteiger charge is -2.11. The minimum Gasteiger partial charge on any atom is -0.392 e. The Kier molecular flexibility index (Phi) is 4.00. The zero-order chi connectivity index (χ0) is 13.1. The first-order valence-corrected chi connectivity index (χ1v) is 4.81. The molecule has 0 unspecified atom stereocenters. The van der Waals surface area contributed by atoms with Gasteiger partial charge in [0.1, 0.15) is 0 Å². The Morgan fingerprint density at radius 2 is 2.18 bits per heavy atom. The molecule has 0 bridgehead atoms. The SMILES string of the molecule is NC(=S)CNC(=O)c1cnccc1C(F)(F)F. The summed E-state index contributed by atoms with van der Waals surface area (Å²) in [4.78, 5) is 14.9. The number of amides is 1. The van der Waals surface area contributed by atoms with Crippen LogP contribution in [0.2, 0.25) is 0 Å². The van der Waals surface area contributed by atoms with E-state index in [1.807, 2.05) is 0 Å². The zero-order valence-corrected chi connectivity index (χ0v) is 9.23. The van der Waals surface area contributed by atoms with Crippen molar-refractivity contribution in [3.63, 3.8) is 0 Å². The second-order valence-electron chi connectivity index (χ2n) is 3.07. The van der Waals surface area contributed by atoms with Gasteiger partial charge in [0.25, 0.3) is 5.91 Å². The van der Waals surface area contributed by atoms with Crippen molar-refractivity contribution in [2.45, 2.75) is 6.18 Å². The van der Waals surface area contributed by atoms with Gasteiger partial charge in [-0.1, -0.05) is 12.2 Å². The maximum absolute atomic E-state index is 12.5. The van der Waals surface area contributed by atoms with E-state index in [1.54, 1.807) is 0 Å². The molecule has 0 aliphatic carbocycles. The van der Waals surface area contributed by atoms with Crippen molar-refractivity contribution in [1.29, 1.82) is 0 Å². The number of nitrogens with two attached hydrogens (primary N) is 1. The molecule has 0 atom stereocenters. The van der Waals surface area contributed by atoms with Gasteiger partial charge in [0.15, 0.2) is 0 Å². The maximum atomic E-state index is 12.5. The normalized spacial score (nSPS) is 11.0. The van der Waals surface area contributed by atoms with Crippen molar-refractivity contribution in [3.05, 3.63) is 29.6 Å². The fraction of sp³-hybridized carbons (Fsp3) is 0.222. The quantitative estimate of drug-likeness (QED) is 0.802. The van der Waals surface area contributed by atoms with Crippen molar-refractivity contribution in [1.82, 2.24) is 10.3 Å². The van der Waals surface area contributed by atoms with Gasteiger partial charge in [0, 0.05) is 12.4 Å². The number of hydrogen-bond donors (Lipinski definition) is 2. The summed E-state index contributed by atoms with van der Waals surface area (Å²) in [5.74, 6) is -0.918. The summed E-state index contributed by atoms with van der Waals surface area (Å²) in [6, 6.07) is 0.732. The number of thiocarbonyl (C=S) groups is 1. The molecular weight excluding hydrogens is 255 g/mol. The molecule has 0 saturated carbocycles. The Bertz CT molecular complexity index is 447. The fourth-order valence-corrected chi connectivity index (χ4v) is 1.16. The van der Waals surface area contributed by atoms with Crippen LogP contribution in [-0.2, 0) is 6.18 Å². The highest BCUT2D eigenvalue weighted by Gasteiger charge is 2.35. The number of pyridine rings is 1. The maximum Gasteiger partial charge on any atom is 0.417 e. The van der Waals surface area contributed by atoms with E-state index in [2.05, 4.69) is 22.5 Å². The molecule has 1 heterocycles. The van der Waals surface area contributed by atoms with Crippen LogP contribution >= 0.6 is 12.2 Å². The Hall–Kier alpha value is -1.70. The molecule has 1 rings (SSSR count). The van der Waals surface area contributed by atoms with Gasteiger partial charge in [-0.2, -0.15) is 13.2 Å². The molecular formula is C9H8F3N3OS. The van der Waals surface area contributed by atoms with E-state index in [0.29, 0.717) is 0 Å². The minimum absolute atomic E-state index is 0.0178. The first-order chi connectivity index (χ1) is 7.82. The topological polar surface area (TPSA) is 68.0 Å². The molecule has 0 fully saturated rings. The van der Waals surface area contributed by atoms with Crippen LogP contribution in [0, 0.1) is 0 Å². The summed E-state index contributed by atoms with van der Waals surface area (Å²) < 4.78 is 37.6. The molecule has 1 aromatic heterocycles. The predicted octanol–water partition coefficient (Wildman–Crippen LogP) is 1.12. The van der Waals surface area contributed by atoms with Gasteiger partial charge in [-0.3, -0.25) is 9.78 Å². The number of carbonyl (C=O) groups is 1. The van der Waals surface area contributed by atoms with Gasteiger partial charge < -0.3 is 11.1 Å². The molecule has 17 heavy (non-hydrogen) atoms. The molecule has 1 amide bonds. The van der Waals surface area contributed by atoms with E-state index < -0.39 is 23.2 Å². The number of nitrogens with zero attached hydrogens (tertiary/aromatic N) is 1. The third kappa shape index (κ3) is 3.66. The van der Waals surface area contributed by atoms with Crippen LogP contribution in [0.4, 0.5) is 13.2 Å². The number of carbonyl (C=O) groups excluding carboxylic acids is 1. The average Bonchev–Trinajstić information content (AvgIpc) is 2.24. The summed E-state index contributed by atoms with van der Waals surface area (Å²) in [6.07, 6.45) is -2.80. The lowest BCUT2D eigenvalue weighted by molar-refractivity contribution is -0.138. The Balaban J connectivity index is 2.98. The van der Waals surface area contributed by atoms with E-state index in [-0.39, 0.29) is 11.5 Å². The molecule has 0 aliphatic heterocycles. The lowest BCUT2D eigenvalue weighted by Crippen LogP contribution is -2.33. The standard InChI is InChI=1S/C9H8F3N3OS/c10-9(11,12)6-1-2-14-3-5(6)8(16)15-4-7(13)17/h1-3H,4H2,(H2,13,17)(H,15,16). The molecule has 4 nitrogen and oxygen atoms in total. The summed E-state index contributed by atoms with van der Waals surface area (Å²) in [6.45, 7) is -0.166. The van der Waals surface area contributed by atoms with E-state index in [1.165, 1.54) is 0 Å². The fourth-order valence-electron chi connectivity index (χ4n) is 1.09. The van der Waals surface area contributed by atoms with Crippen LogP contribution in [0.15, 0.2) is 18.5 Å². The molecule has 8 heteroatoms. The number of alkyl halides is 3. The molecule has 0 radical (unpaired) electrons. The van der Waals surface area contributed by atoms with Gasteiger partial charge >= 0.3 is 6.18 Å². The third-order valence-electron chi connectivity index (χ3n) is 1.79. The van der Waals surface area contributed by atoms with Crippen LogP contribution in [0.25, 0.3) is 0 Å². The number of aromatic nitrogens is 1. The molecule has 3 N–H and O–H groups in total. The number of rotatable bonds is 3. The van der Waals surface area contributed by atoms with Crippen LogP contribution in [0.5, 0.6) is 0 Å². The minimum atomic E-state index is -4.61. The Morgan fingerprint density at radius 1 is 1.53 bits per heavy atom. The summed E-state index contributed by atoms with van der Waals surface area (Å²) in [7, 11) is 0. The van der Waals surface area contributed by atoms with Crippen molar-refractivity contribution in [2.24, 2.45) is 5.73 Å². The van der Waals surface area contributed by atoms with Gasteiger partial charge in [-0.25, -0.2) is 0 Å². The second kappa shape index (κ2) is 5.09. The second-order valence-corrected chi connectivity index (χ2v) is 3.59. The van der Waals surface area contributed by atoms with Gasteiger partial charge in [-0.05, 0) is 6.07 Å². The van der Waals surface area contributed by atoms with Gasteiger partial charge in [-0.15, -0.1) is 0 Å². The number of hydrogen-bond acceptors (Lipinski definition) is 3. The van der Waals surface area contributed by atoms with E-state index in [4.69, 9.17) is 5.73 Å². The van der Waals surface area contributed by atoms with Crippen molar-refractivity contribution in [2.75, 3.05) is 6.54 Å². The van der Waals surface area contributed by atoms with E-state index in [9.17, 15) is 18.0 Å². The Morgan fingerprint density at radius 3 is 2.71 bits per heavy atom. The molecule has 0 saturated heterocycles. The summed E-state index contributed by atoms with van der Waals surface area (Å²) in [5, 5.41) is 2.17. The smallest absolute Gasteiger partial charge is 0.392 e. The first-order valence-electron chi connectivity index (χ1n) is 4.40. The van der Waals surface area contributed by atoms with Crippen molar-refractivity contribution >= 4 is 23.1 Å². The van der Waals surface area contributed by atoms with Crippen LogP contribution in [-0.4, -0.2) is 22.4 Å². The van der Waals surface area contributed by atoms with Crippen LogP contribution < -0.4 is 11.1 Å². The zero-order valence-electron chi connectivity index (χ0n) is 8.41. The molecule has 0 aromatic carbocycles. The van der Waals surface area contributed by atoms with Gasteiger partial charge in [0.05, 0.1) is 22.7 Å². The monoisotopic (exact) mass is 263 g/mol. The Labute approximate surface area is 100 Å². The first kappa shape index (κ1) is 13.4. The van der Waals surface area contributed by atoms with Crippen molar-refractivity contribution < 1.29 is 18.0 Å². The van der Waals surface area contributed by atoms with Crippen LogP contribution in [0.3, 0.4) is 0 Å². The molecule has 92 valence electrons. The molecule has 0 spiro atoms. The molecule has 0 aliphatic rings. The number of halogens is 3. The summed E-state index contributed by atoms with van der Waals surface area (Å²) >= 11 is 4.50. The average molecular weight is 263 g/mol. The highest BCUT2D eigenvalue weighted by atomic mass is 32.1. The number of nitrogens with one attached hydrogen (secondary N) is 1. The van der Waals surface area contributed by atoms with E-state index >= 15 is 0 Å². The highest BCUT2D eigenvalue weighted by molar-refractivity contribution is 7.80. The predicted molar refractivity (Wildman–Crippen MR) is 58.4 cm³/mol. The lowest BCUT2D eigenvalue weighted by atomic mass is 10.1. The third-order valence-corrected chi connectivity index (χ3v) is 1.94. The van der Waals surface area contributed by atoms with E-state index in [0.717, 1.165) is 18.5 Å². The summed E-state index contributed by atoms with van der Waals surface area (Å²) in [5.41, 5.74) is 3.51. The van der Waals surface area contributed by atoms with Gasteiger partial charge in [0.2, 0.25) is 0 Å².